The fourth-order valence-corrected chi connectivity index (χ4v) is 1.43. The Morgan fingerprint density at radius 2 is 1.65 bits per heavy atom. The zero-order valence-corrected chi connectivity index (χ0v) is 12.4. The van der Waals surface area contributed by atoms with Gasteiger partial charge in [-0.1, -0.05) is 6.08 Å². The van der Waals surface area contributed by atoms with Crippen molar-refractivity contribution in [3.8, 4) is 6.19 Å². The Kier molecular flexibility index (Phi) is 5.72. The third kappa shape index (κ3) is 4.72. The predicted octanol–water partition coefficient (Wildman–Crippen LogP) is 1.99. The van der Waals surface area contributed by atoms with Gasteiger partial charge in [0.25, 0.3) is 0 Å². The summed E-state index contributed by atoms with van der Waals surface area (Å²) < 4.78 is 0. The Bertz CT molecular complexity index is 462. The Morgan fingerprint density at radius 1 is 1.15 bits per heavy atom. The second-order valence-corrected chi connectivity index (χ2v) is 4.88. The van der Waals surface area contributed by atoms with Crippen molar-refractivity contribution in [2.45, 2.75) is 39.8 Å². The summed E-state index contributed by atoms with van der Waals surface area (Å²) in [4.78, 5) is 14.1. The van der Waals surface area contributed by atoms with Crippen molar-refractivity contribution in [1.82, 2.24) is 15.0 Å². The Labute approximate surface area is 119 Å². The summed E-state index contributed by atoms with van der Waals surface area (Å²) in [5, 5.41) is 15.4. The second-order valence-electron chi connectivity index (χ2n) is 4.88. The first kappa shape index (κ1) is 15.7. The number of hydrogen-bond donors (Lipinski definition) is 2. The van der Waals surface area contributed by atoms with Crippen LogP contribution >= 0.6 is 0 Å². The number of hydrogen-bond acceptors (Lipinski definition) is 7. The molecule has 0 amide bonds. The summed E-state index contributed by atoms with van der Waals surface area (Å²) in [5.41, 5.74) is 0. The van der Waals surface area contributed by atoms with Gasteiger partial charge in [0.2, 0.25) is 17.8 Å². The Balaban J connectivity index is 3.14. The van der Waals surface area contributed by atoms with Gasteiger partial charge in [-0.25, -0.2) is 4.90 Å². The number of nitriles is 1. The van der Waals surface area contributed by atoms with Gasteiger partial charge in [0.1, 0.15) is 0 Å². The summed E-state index contributed by atoms with van der Waals surface area (Å²) in [6, 6.07) is 0.374. The molecule has 1 aromatic rings. The maximum absolute atomic E-state index is 9.14. The summed E-state index contributed by atoms with van der Waals surface area (Å²) >= 11 is 0. The molecule has 1 aromatic heterocycles. The van der Waals surface area contributed by atoms with Crippen LogP contribution in [0.3, 0.4) is 0 Å². The van der Waals surface area contributed by atoms with Crippen LogP contribution in [0.15, 0.2) is 12.7 Å². The van der Waals surface area contributed by atoms with E-state index in [-0.39, 0.29) is 12.1 Å². The molecule has 0 radical (unpaired) electrons. The van der Waals surface area contributed by atoms with Gasteiger partial charge in [-0.2, -0.15) is 20.2 Å². The molecule has 0 saturated heterocycles. The van der Waals surface area contributed by atoms with Crippen molar-refractivity contribution in [3.05, 3.63) is 12.7 Å². The summed E-state index contributed by atoms with van der Waals surface area (Å²) in [7, 11) is 0. The lowest BCUT2D eigenvalue weighted by Gasteiger charge is -2.16. The van der Waals surface area contributed by atoms with E-state index in [1.165, 1.54) is 4.90 Å². The van der Waals surface area contributed by atoms with Crippen molar-refractivity contribution in [1.29, 1.82) is 5.26 Å². The van der Waals surface area contributed by atoms with E-state index < -0.39 is 0 Å². The first-order valence-corrected chi connectivity index (χ1v) is 6.53. The van der Waals surface area contributed by atoms with E-state index in [1.807, 2.05) is 33.9 Å². The van der Waals surface area contributed by atoms with Crippen LogP contribution < -0.4 is 15.5 Å². The highest BCUT2D eigenvalue weighted by Gasteiger charge is 2.13. The normalized spacial score (nSPS) is 10.2. The first-order valence-electron chi connectivity index (χ1n) is 6.53. The van der Waals surface area contributed by atoms with E-state index >= 15 is 0 Å². The standard InChI is InChI=1S/C13H21N7/c1-6-7-20(8-14)13-18-11(15-9(2)3)17-12(19-13)16-10(4)5/h6,9-10H,1,7H2,2-5H3,(H2,15,16,17,18,19). The zero-order chi connectivity index (χ0) is 15.1. The van der Waals surface area contributed by atoms with E-state index in [9.17, 15) is 0 Å². The minimum absolute atomic E-state index is 0.187. The Hall–Kier alpha value is -2.36. The molecule has 7 heteroatoms. The summed E-state index contributed by atoms with van der Waals surface area (Å²) in [6.07, 6.45) is 3.66. The molecule has 0 aliphatic carbocycles. The molecule has 1 heterocycles. The quantitative estimate of drug-likeness (QED) is 0.447. The number of rotatable bonds is 7. The van der Waals surface area contributed by atoms with Gasteiger partial charge < -0.3 is 10.6 Å². The van der Waals surface area contributed by atoms with E-state index in [0.29, 0.717) is 24.4 Å². The van der Waals surface area contributed by atoms with Gasteiger partial charge in [0, 0.05) is 12.1 Å². The number of nitrogens with zero attached hydrogens (tertiary/aromatic N) is 5. The lowest BCUT2D eigenvalue weighted by atomic mass is 10.4. The minimum Gasteiger partial charge on any atom is -0.352 e. The molecule has 7 nitrogen and oxygen atoms in total. The van der Waals surface area contributed by atoms with Crippen LogP contribution in [-0.4, -0.2) is 33.6 Å². The van der Waals surface area contributed by atoms with Gasteiger partial charge in [-0.3, -0.25) is 0 Å². The lowest BCUT2D eigenvalue weighted by Crippen LogP contribution is -2.23. The number of anilines is 3. The van der Waals surface area contributed by atoms with Gasteiger partial charge in [0.15, 0.2) is 6.19 Å². The number of nitrogens with one attached hydrogen (secondary N) is 2. The molecule has 2 N–H and O–H groups in total. The maximum atomic E-state index is 9.14. The fraction of sp³-hybridized carbons (Fsp3) is 0.538. The third-order valence-corrected chi connectivity index (χ3v) is 2.13. The predicted molar refractivity (Wildman–Crippen MR) is 80.5 cm³/mol. The van der Waals surface area contributed by atoms with E-state index in [0.717, 1.165) is 0 Å². The molecule has 0 unspecified atom stereocenters. The molecule has 0 aliphatic heterocycles. The summed E-state index contributed by atoms with van der Waals surface area (Å²) in [6.45, 7) is 11.9. The molecule has 0 aliphatic rings. The topological polar surface area (TPSA) is 89.8 Å². The molecule has 20 heavy (non-hydrogen) atoms. The molecule has 0 atom stereocenters. The maximum Gasteiger partial charge on any atom is 0.245 e. The molecule has 0 aromatic carbocycles. The fourth-order valence-electron chi connectivity index (χ4n) is 1.43. The SMILES string of the molecule is C=CCN(C#N)c1nc(NC(C)C)nc(NC(C)C)n1. The monoisotopic (exact) mass is 275 g/mol. The average Bonchev–Trinajstić information content (AvgIpc) is 2.33. The van der Waals surface area contributed by atoms with Crippen molar-refractivity contribution in [2.24, 2.45) is 0 Å². The van der Waals surface area contributed by atoms with Gasteiger partial charge in [-0.15, -0.1) is 6.58 Å². The average molecular weight is 275 g/mol. The molecule has 0 bridgehead atoms. The van der Waals surface area contributed by atoms with Crippen LogP contribution in [0, 0.1) is 11.5 Å². The molecule has 0 fully saturated rings. The molecule has 0 spiro atoms. The van der Waals surface area contributed by atoms with Gasteiger partial charge in [-0.05, 0) is 27.7 Å². The van der Waals surface area contributed by atoms with Gasteiger partial charge >= 0.3 is 0 Å². The van der Waals surface area contributed by atoms with Crippen molar-refractivity contribution in [2.75, 3.05) is 22.1 Å². The van der Waals surface area contributed by atoms with E-state index in [4.69, 9.17) is 5.26 Å². The largest absolute Gasteiger partial charge is 0.352 e. The second kappa shape index (κ2) is 7.28. The highest BCUT2D eigenvalue weighted by atomic mass is 15.3. The van der Waals surface area contributed by atoms with E-state index in [1.54, 1.807) is 6.08 Å². The van der Waals surface area contributed by atoms with Gasteiger partial charge in [0.05, 0.1) is 6.54 Å². The third-order valence-electron chi connectivity index (χ3n) is 2.13. The molecule has 0 saturated carbocycles. The minimum atomic E-state index is 0.187. The first-order chi connectivity index (χ1) is 9.46. The van der Waals surface area contributed by atoms with Crippen LogP contribution in [0.4, 0.5) is 17.8 Å². The van der Waals surface area contributed by atoms with Crippen molar-refractivity contribution in [3.63, 3.8) is 0 Å². The van der Waals surface area contributed by atoms with Crippen LogP contribution in [0.25, 0.3) is 0 Å². The molecule has 1 rings (SSSR count). The molecule has 108 valence electrons. The zero-order valence-electron chi connectivity index (χ0n) is 12.4. The smallest absolute Gasteiger partial charge is 0.245 e. The highest BCUT2D eigenvalue weighted by molar-refractivity contribution is 5.47. The molecular weight excluding hydrogens is 254 g/mol. The number of aromatic nitrogens is 3. The summed E-state index contributed by atoms with van der Waals surface area (Å²) in [5.74, 6) is 1.18. The van der Waals surface area contributed by atoms with Crippen LogP contribution in [-0.2, 0) is 0 Å². The van der Waals surface area contributed by atoms with Crippen LogP contribution in [0.2, 0.25) is 0 Å². The van der Waals surface area contributed by atoms with Crippen LogP contribution in [0.1, 0.15) is 27.7 Å². The lowest BCUT2D eigenvalue weighted by molar-refractivity contribution is 0.837. The van der Waals surface area contributed by atoms with Crippen LogP contribution in [0.5, 0.6) is 0 Å². The van der Waals surface area contributed by atoms with E-state index in [2.05, 4.69) is 32.2 Å². The van der Waals surface area contributed by atoms with Crippen molar-refractivity contribution >= 4 is 17.8 Å². The Morgan fingerprint density at radius 3 is 2.00 bits per heavy atom. The van der Waals surface area contributed by atoms with Crippen molar-refractivity contribution < 1.29 is 0 Å². The molecular formula is C13H21N7. The highest BCUT2D eigenvalue weighted by Crippen LogP contribution is 2.14.